The highest BCUT2D eigenvalue weighted by molar-refractivity contribution is 5.80. The van der Waals surface area contributed by atoms with Crippen LogP contribution in [0.3, 0.4) is 0 Å². The number of ether oxygens (including phenoxy) is 4. The number of benzene rings is 2. The Morgan fingerprint density at radius 2 is 1.53 bits per heavy atom. The minimum Gasteiger partial charge on any atom is -0.495 e. The first-order valence-electron chi connectivity index (χ1n) is 10.8. The first kappa shape index (κ1) is 23.4. The van der Waals surface area contributed by atoms with Gasteiger partial charge in [0.25, 0.3) is 0 Å². The molecule has 0 amide bonds. The minimum absolute atomic E-state index is 0.615. The van der Waals surface area contributed by atoms with Crippen LogP contribution in [-0.2, 0) is 6.42 Å². The van der Waals surface area contributed by atoms with Crippen molar-refractivity contribution >= 4 is 11.6 Å². The summed E-state index contributed by atoms with van der Waals surface area (Å²) < 4.78 is 22.0. The van der Waals surface area contributed by atoms with Gasteiger partial charge in [0.15, 0.2) is 17.5 Å². The molecule has 0 unspecified atom stereocenters. The number of nitrogens with one attached hydrogen (secondary N) is 1. The highest BCUT2D eigenvalue weighted by Crippen LogP contribution is 2.39. The number of rotatable bonds is 8. The van der Waals surface area contributed by atoms with Gasteiger partial charge >= 0.3 is 0 Å². The molecule has 1 fully saturated rings. The summed E-state index contributed by atoms with van der Waals surface area (Å²) in [5.41, 5.74) is 2.19. The molecule has 8 heteroatoms. The van der Waals surface area contributed by atoms with Crippen molar-refractivity contribution in [1.82, 2.24) is 10.2 Å². The van der Waals surface area contributed by atoms with E-state index in [1.807, 2.05) is 37.4 Å². The van der Waals surface area contributed by atoms with E-state index in [1.165, 1.54) is 0 Å². The van der Waals surface area contributed by atoms with Crippen LogP contribution in [0.4, 0.5) is 5.69 Å². The molecule has 32 heavy (non-hydrogen) atoms. The number of para-hydroxylation sites is 2. The summed E-state index contributed by atoms with van der Waals surface area (Å²) in [4.78, 5) is 9.14. The fourth-order valence-corrected chi connectivity index (χ4v) is 4.05. The second kappa shape index (κ2) is 11.4. The average molecular weight is 443 g/mol. The van der Waals surface area contributed by atoms with Crippen LogP contribution < -0.4 is 29.2 Å². The summed E-state index contributed by atoms with van der Waals surface area (Å²) in [5, 5.41) is 3.49. The summed E-state index contributed by atoms with van der Waals surface area (Å²) in [6, 6.07) is 12.1. The lowest BCUT2D eigenvalue weighted by Gasteiger charge is -2.38. The zero-order valence-corrected chi connectivity index (χ0v) is 19.7. The van der Waals surface area contributed by atoms with Gasteiger partial charge in [-0.15, -0.1) is 0 Å². The smallest absolute Gasteiger partial charge is 0.203 e. The van der Waals surface area contributed by atoms with Crippen molar-refractivity contribution in [3.8, 4) is 23.0 Å². The van der Waals surface area contributed by atoms with Gasteiger partial charge in [-0.3, -0.25) is 4.99 Å². The van der Waals surface area contributed by atoms with Gasteiger partial charge < -0.3 is 34.1 Å². The first-order chi connectivity index (χ1) is 15.7. The zero-order chi connectivity index (χ0) is 22.9. The number of hydrogen-bond donors (Lipinski definition) is 1. The van der Waals surface area contributed by atoms with E-state index in [0.717, 1.165) is 62.1 Å². The molecule has 1 aliphatic rings. The molecular formula is C24H34N4O4. The highest BCUT2D eigenvalue weighted by Gasteiger charge is 2.22. The Balaban J connectivity index is 1.57. The van der Waals surface area contributed by atoms with Gasteiger partial charge in [0.2, 0.25) is 5.75 Å². The lowest BCUT2D eigenvalue weighted by Crippen LogP contribution is -2.52. The normalized spacial score (nSPS) is 14.2. The number of hydrogen-bond acceptors (Lipinski definition) is 6. The van der Waals surface area contributed by atoms with Crippen LogP contribution in [0.15, 0.2) is 41.4 Å². The molecule has 0 atom stereocenters. The zero-order valence-electron chi connectivity index (χ0n) is 19.7. The molecule has 0 aliphatic carbocycles. The standard InChI is InChI=1S/C24H34N4O4/c1-25-24(26-13-12-18-10-11-21(30-3)23(32-5)22(18)31-4)28-16-14-27(15-17-28)19-8-6-7-9-20(19)29-2/h6-11H,12-17H2,1-5H3,(H,25,26). The van der Waals surface area contributed by atoms with Crippen LogP contribution in [0.5, 0.6) is 23.0 Å². The summed E-state index contributed by atoms with van der Waals surface area (Å²) in [6.45, 7) is 4.31. The van der Waals surface area contributed by atoms with Gasteiger partial charge in [-0.05, 0) is 24.6 Å². The number of nitrogens with zero attached hydrogens (tertiary/aromatic N) is 3. The second-order valence-electron chi connectivity index (χ2n) is 7.36. The molecule has 0 radical (unpaired) electrons. The maximum atomic E-state index is 5.59. The van der Waals surface area contributed by atoms with Crippen molar-refractivity contribution in [3.05, 3.63) is 42.0 Å². The van der Waals surface area contributed by atoms with Gasteiger partial charge in [0.1, 0.15) is 5.75 Å². The number of guanidine groups is 1. The van der Waals surface area contributed by atoms with E-state index >= 15 is 0 Å². The lowest BCUT2D eigenvalue weighted by atomic mass is 10.1. The van der Waals surface area contributed by atoms with Crippen molar-refractivity contribution in [2.45, 2.75) is 6.42 Å². The van der Waals surface area contributed by atoms with E-state index < -0.39 is 0 Å². The molecule has 2 aromatic rings. The Bertz CT molecular complexity index is 911. The van der Waals surface area contributed by atoms with Gasteiger partial charge in [-0.25, -0.2) is 0 Å². The van der Waals surface area contributed by atoms with Crippen molar-refractivity contribution < 1.29 is 18.9 Å². The van der Waals surface area contributed by atoms with Crippen LogP contribution in [0, 0.1) is 0 Å². The molecule has 0 saturated carbocycles. The summed E-state index contributed by atoms with van der Waals surface area (Å²) >= 11 is 0. The molecule has 2 aromatic carbocycles. The van der Waals surface area contributed by atoms with Gasteiger partial charge in [0.05, 0.1) is 34.1 Å². The van der Waals surface area contributed by atoms with Crippen LogP contribution in [0.25, 0.3) is 0 Å². The Hall–Kier alpha value is -3.29. The molecule has 3 rings (SSSR count). The SMILES string of the molecule is CN=C(NCCc1ccc(OC)c(OC)c1OC)N1CCN(c2ccccc2OC)CC1. The molecular weight excluding hydrogens is 408 g/mol. The highest BCUT2D eigenvalue weighted by atomic mass is 16.5. The molecule has 1 saturated heterocycles. The molecule has 0 spiro atoms. The van der Waals surface area contributed by atoms with Gasteiger partial charge in [0, 0.05) is 45.3 Å². The summed E-state index contributed by atoms with van der Waals surface area (Å²) in [5.74, 6) is 3.79. The molecule has 0 bridgehead atoms. The molecule has 174 valence electrons. The first-order valence-corrected chi connectivity index (χ1v) is 10.8. The topological polar surface area (TPSA) is 67.8 Å². The van der Waals surface area contributed by atoms with Crippen LogP contribution in [0.2, 0.25) is 0 Å². The van der Waals surface area contributed by atoms with Crippen molar-refractivity contribution in [3.63, 3.8) is 0 Å². The number of piperazine rings is 1. The molecule has 1 heterocycles. The number of anilines is 1. The molecule has 8 nitrogen and oxygen atoms in total. The number of aliphatic imine (C=N–C) groups is 1. The minimum atomic E-state index is 0.615. The van der Waals surface area contributed by atoms with E-state index in [-0.39, 0.29) is 0 Å². The Labute approximate surface area is 190 Å². The van der Waals surface area contributed by atoms with Gasteiger partial charge in [-0.1, -0.05) is 18.2 Å². The van der Waals surface area contributed by atoms with E-state index in [1.54, 1.807) is 28.4 Å². The fraction of sp³-hybridized carbons (Fsp3) is 0.458. The Morgan fingerprint density at radius 3 is 2.16 bits per heavy atom. The second-order valence-corrected chi connectivity index (χ2v) is 7.36. The number of methoxy groups -OCH3 is 4. The largest absolute Gasteiger partial charge is 0.495 e. The van der Waals surface area contributed by atoms with E-state index in [2.05, 4.69) is 26.2 Å². The Morgan fingerprint density at radius 1 is 0.844 bits per heavy atom. The van der Waals surface area contributed by atoms with E-state index in [0.29, 0.717) is 17.2 Å². The maximum Gasteiger partial charge on any atom is 0.203 e. The van der Waals surface area contributed by atoms with E-state index in [9.17, 15) is 0 Å². The quantitative estimate of drug-likeness (QED) is 0.498. The van der Waals surface area contributed by atoms with Crippen molar-refractivity contribution in [1.29, 1.82) is 0 Å². The third-order valence-electron chi connectivity index (χ3n) is 5.68. The van der Waals surface area contributed by atoms with Crippen molar-refractivity contribution in [2.75, 3.05) is 73.1 Å². The fourth-order valence-electron chi connectivity index (χ4n) is 4.05. The third kappa shape index (κ3) is 5.12. The summed E-state index contributed by atoms with van der Waals surface area (Å²) in [6.07, 6.45) is 0.768. The van der Waals surface area contributed by atoms with Crippen LogP contribution in [0.1, 0.15) is 5.56 Å². The van der Waals surface area contributed by atoms with Crippen LogP contribution >= 0.6 is 0 Å². The monoisotopic (exact) mass is 442 g/mol. The molecule has 1 aliphatic heterocycles. The summed E-state index contributed by atoms with van der Waals surface area (Å²) in [7, 11) is 8.43. The Kier molecular flexibility index (Phi) is 8.30. The van der Waals surface area contributed by atoms with Crippen LogP contribution in [-0.4, -0.2) is 79.1 Å². The molecule has 1 N–H and O–H groups in total. The third-order valence-corrected chi connectivity index (χ3v) is 5.68. The predicted octanol–water partition coefficient (Wildman–Crippen LogP) is 2.66. The molecule has 0 aromatic heterocycles. The maximum absolute atomic E-state index is 5.59. The average Bonchev–Trinajstić information content (AvgIpc) is 2.86. The predicted molar refractivity (Wildman–Crippen MR) is 128 cm³/mol. The lowest BCUT2D eigenvalue weighted by molar-refractivity contribution is 0.322. The van der Waals surface area contributed by atoms with Crippen molar-refractivity contribution in [2.24, 2.45) is 4.99 Å². The van der Waals surface area contributed by atoms with E-state index in [4.69, 9.17) is 18.9 Å². The van der Waals surface area contributed by atoms with Gasteiger partial charge in [-0.2, -0.15) is 0 Å².